The van der Waals surface area contributed by atoms with Crippen molar-refractivity contribution in [3.05, 3.63) is 47.8 Å². The van der Waals surface area contributed by atoms with Crippen molar-refractivity contribution in [2.75, 3.05) is 19.4 Å². The number of aromatic nitrogens is 2. The summed E-state index contributed by atoms with van der Waals surface area (Å²) in [6.07, 6.45) is 2.09. The van der Waals surface area contributed by atoms with Crippen LogP contribution in [0.1, 0.15) is 23.8 Å². The van der Waals surface area contributed by atoms with Crippen LogP contribution in [0.25, 0.3) is 16.8 Å². The number of hydrogen-bond acceptors (Lipinski definition) is 4. The molecule has 0 aliphatic rings. The Balaban J connectivity index is 2.28. The number of imidazole rings is 1. The van der Waals surface area contributed by atoms with Crippen LogP contribution in [-0.4, -0.2) is 28.9 Å². The Hall–Kier alpha value is -3.16. The highest BCUT2D eigenvalue weighted by Gasteiger charge is 2.24. The second kappa shape index (κ2) is 6.99. The summed E-state index contributed by atoms with van der Waals surface area (Å²) < 4.78 is 35.6. The fourth-order valence-corrected chi connectivity index (χ4v) is 2.74. The molecule has 2 aromatic heterocycles. The van der Waals surface area contributed by atoms with Gasteiger partial charge in [0.1, 0.15) is 28.8 Å². The highest BCUT2D eigenvalue weighted by molar-refractivity contribution is 5.99. The Kier molecular flexibility index (Phi) is 4.75. The quantitative estimate of drug-likeness (QED) is 0.733. The van der Waals surface area contributed by atoms with Gasteiger partial charge in [0.05, 0.1) is 18.2 Å². The molecule has 8 heteroatoms. The number of nitrogens with one attached hydrogen (secondary N) is 1. The molecule has 3 N–H and O–H groups in total. The summed E-state index contributed by atoms with van der Waals surface area (Å²) in [5, 5.41) is 2.67. The van der Waals surface area contributed by atoms with Gasteiger partial charge in [0.15, 0.2) is 5.69 Å². The fourth-order valence-electron chi connectivity index (χ4n) is 2.74. The predicted molar refractivity (Wildman–Crippen MR) is 94.1 cm³/mol. The number of nitrogens with two attached hydrogens (primary N) is 1. The van der Waals surface area contributed by atoms with Crippen molar-refractivity contribution >= 4 is 17.4 Å². The molecule has 3 rings (SSSR count). The summed E-state index contributed by atoms with van der Waals surface area (Å²) in [5.74, 6) is -1.65. The Morgan fingerprint density at radius 3 is 2.69 bits per heavy atom. The summed E-state index contributed by atoms with van der Waals surface area (Å²) in [5.41, 5.74) is 5.80. The lowest BCUT2D eigenvalue weighted by atomic mass is 10.0. The highest BCUT2D eigenvalue weighted by atomic mass is 19.1. The van der Waals surface area contributed by atoms with E-state index in [0.717, 1.165) is 12.5 Å². The molecular weight excluding hydrogens is 342 g/mol. The van der Waals surface area contributed by atoms with Crippen LogP contribution >= 0.6 is 0 Å². The molecule has 3 aromatic rings. The van der Waals surface area contributed by atoms with E-state index in [0.29, 0.717) is 6.54 Å². The van der Waals surface area contributed by atoms with E-state index in [-0.39, 0.29) is 34.0 Å². The van der Waals surface area contributed by atoms with Crippen LogP contribution in [0.2, 0.25) is 0 Å². The summed E-state index contributed by atoms with van der Waals surface area (Å²) in [7, 11) is 1.36. The zero-order valence-electron chi connectivity index (χ0n) is 14.3. The lowest BCUT2D eigenvalue weighted by Gasteiger charge is -2.11. The highest BCUT2D eigenvalue weighted by Crippen LogP contribution is 2.37. The van der Waals surface area contributed by atoms with Crippen LogP contribution in [-0.2, 0) is 0 Å². The van der Waals surface area contributed by atoms with E-state index in [1.807, 2.05) is 6.92 Å². The molecule has 0 aliphatic heterocycles. The smallest absolute Gasteiger partial charge is 0.273 e. The molecule has 0 fully saturated rings. The van der Waals surface area contributed by atoms with Gasteiger partial charge >= 0.3 is 0 Å². The number of halogens is 2. The number of anilines is 1. The average molecular weight is 360 g/mol. The van der Waals surface area contributed by atoms with Gasteiger partial charge < -0.3 is 15.8 Å². The van der Waals surface area contributed by atoms with Crippen LogP contribution in [0.3, 0.4) is 0 Å². The number of hydrogen-bond donors (Lipinski definition) is 2. The minimum Gasteiger partial charge on any atom is -0.496 e. The van der Waals surface area contributed by atoms with Crippen molar-refractivity contribution in [3.63, 3.8) is 0 Å². The van der Waals surface area contributed by atoms with Crippen LogP contribution < -0.4 is 15.8 Å². The summed E-state index contributed by atoms with van der Waals surface area (Å²) in [4.78, 5) is 16.4. The van der Waals surface area contributed by atoms with Gasteiger partial charge in [-0.15, -0.1) is 0 Å². The number of amides is 1. The number of rotatable bonds is 5. The topological polar surface area (TPSA) is 81.6 Å². The molecule has 0 spiro atoms. The second-order valence-corrected chi connectivity index (χ2v) is 5.65. The van der Waals surface area contributed by atoms with E-state index in [2.05, 4.69) is 10.3 Å². The number of fused-ring (bicyclic) bond motifs is 1. The number of carbonyl (C=O) groups excluding carboxylic acids is 1. The monoisotopic (exact) mass is 360 g/mol. The molecule has 0 aliphatic carbocycles. The molecule has 0 saturated carbocycles. The summed E-state index contributed by atoms with van der Waals surface area (Å²) >= 11 is 0. The van der Waals surface area contributed by atoms with Crippen molar-refractivity contribution in [2.24, 2.45) is 0 Å². The number of nitrogens with zero attached hydrogens (tertiary/aromatic N) is 2. The zero-order chi connectivity index (χ0) is 18.8. The molecule has 0 bridgehead atoms. The van der Waals surface area contributed by atoms with Gasteiger partial charge in [0.2, 0.25) is 0 Å². The second-order valence-electron chi connectivity index (χ2n) is 5.65. The third-order valence-electron chi connectivity index (χ3n) is 3.98. The van der Waals surface area contributed by atoms with Crippen molar-refractivity contribution < 1.29 is 18.3 Å². The molecule has 0 atom stereocenters. The van der Waals surface area contributed by atoms with Crippen molar-refractivity contribution in [3.8, 4) is 16.9 Å². The molecule has 0 radical (unpaired) electrons. The predicted octanol–water partition coefficient (Wildman–Crippen LogP) is 3.01. The molecule has 136 valence electrons. The Morgan fingerprint density at radius 1 is 1.27 bits per heavy atom. The Labute approximate surface area is 148 Å². The molecule has 26 heavy (non-hydrogen) atoms. The van der Waals surface area contributed by atoms with Crippen LogP contribution in [0, 0.1) is 11.6 Å². The van der Waals surface area contributed by atoms with E-state index in [1.54, 1.807) is 0 Å². The lowest BCUT2D eigenvalue weighted by molar-refractivity contribution is 0.0950. The van der Waals surface area contributed by atoms with Gasteiger partial charge in [-0.2, -0.15) is 0 Å². The Morgan fingerprint density at radius 2 is 2.00 bits per heavy atom. The standard InChI is InChI=1S/C18H18F2N4O2/c1-3-8-22-18(25)15-16(21)24-9-7-11(20)14(17(24)23-15)13-10(19)5-4-6-12(13)26-2/h4-7,9H,3,8,21H2,1-2H3,(H,22,25). The van der Waals surface area contributed by atoms with Crippen LogP contribution in [0.15, 0.2) is 30.5 Å². The van der Waals surface area contributed by atoms with Gasteiger partial charge in [-0.05, 0) is 24.6 Å². The van der Waals surface area contributed by atoms with Gasteiger partial charge in [-0.1, -0.05) is 13.0 Å². The van der Waals surface area contributed by atoms with Crippen molar-refractivity contribution in [2.45, 2.75) is 13.3 Å². The molecule has 0 saturated heterocycles. The first kappa shape index (κ1) is 17.7. The number of methoxy groups -OCH3 is 1. The van der Waals surface area contributed by atoms with E-state index < -0.39 is 17.5 Å². The number of benzene rings is 1. The number of pyridine rings is 1. The van der Waals surface area contributed by atoms with Gasteiger partial charge in [-0.25, -0.2) is 13.8 Å². The maximum atomic E-state index is 14.6. The van der Waals surface area contributed by atoms with Crippen LogP contribution in [0.5, 0.6) is 5.75 Å². The van der Waals surface area contributed by atoms with Gasteiger partial charge in [0, 0.05) is 12.7 Å². The SMILES string of the molecule is CCCNC(=O)c1nc2c(-c3c(F)cccc3OC)c(F)ccn2c1N. The number of carbonyl (C=O) groups is 1. The normalized spacial score (nSPS) is 10.9. The maximum Gasteiger partial charge on any atom is 0.273 e. The van der Waals surface area contributed by atoms with E-state index in [4.69, 9.17) is 10.5 Å². The average Bonchev–Trinajstić information content (AvgIpc) is 2.97. The first-order valence-electron chi connectivity index (χ1n) is 8.06. The zero-order valence-corrected chi connectivity index (χ0v) is 14.3. The maximum absolute atomic E-state index is 14.6. The van der Waals surface area contributed by atoms with Crippen molar-refractivity contribution in [1.82, 2.24) is 14.7 Å². The summed E-state index contributed by atoms with van der Waals surface area (Å²) in [6.45, 7) is 2.36. The largest absolute Gasteiger partial charge is 0.496 e. The van der Waals surface area contributed by atoms with Crippen LogP contribution in [0.4, 0.5) is 14.6 Å². The lowest BCUT2D eigenvalue weighted by Crippen LogP contribution is -2.25. The molecule has 2 heterocycles. The number of nitrogen functional groups attached to an aromatic ring is 1. The minimum absolute atomic E-state index is 0.0348. The van der Waals surface area contributed by atoms with E-state index >= 15 is 0 Å². The molecular formula is C18H18F2N4O2. The third kappa shape index (κ3) is 2.83. The number of ether oxygens (including phenoxy) is 1. The van der Waals surface area contributed by atoms with E-state index in [1.165, 1.54) is 35.9 Å². The van der Waals surface area contributed by atoms with Gasteiger partial charge in [0.25, 0.3) is 5.91 Å². The first-order valence-corrected chi connectivity index (χ1v) is 8.06. The molecule has 1 amide bonds. The molecule has 0 unspecified atom stereocenters. The van der Waals surface area contributed by atoms with E-state index in [9.17, 15) is 13.6 Å². The Bertz CT molecular complexity index is 985. The molecule has 6 nitrogen and oxygen atoms in total. The van der Waals surface area contributed by atoms with Gasteiger partial charge in [-0.3, -0.25) is 9.20 Å². The summed E-state index contributed by atoms with van der Waals surface area (Å²) in [6, 6.07) is 5.31. The fraction of sp³-hybridized carbons (Fsp3) is 0.222. The molecule has 1 aromatic carbocycles. The third-order valence-corrected chi connectivity index (χ3v) is 3.98. The minimum atomic E-state index is -0.702. The van der Waals surface area contributed by atoms with Crippen molar-refractivity contribution in [1.29, 1.82) is 0 Å². The first-order chi connectivity index (χ1) is 12.5.